The lowest BCUT2D eigenvalue weighted by molar-refractivity contribution is -0.120. The quantitative estimate of drug-likeness (QED) is 0.499. The first kappa shape index (κ1) is 22.4. The van der Waals surface area contributed by atoms with Crippen LogP contribution in [0.1, 0.15) is 16.7 Å². The van der Waals surface area contributed by atoms with Crippen LogP contribution in [-0.4, -0.2) is 26.0 Å². The van der Waals surface area contributed by atoms with Crippen molar-refractivity contribution in [2.24, 2.45) is 0 Å². The summed E-state index contributed by atoms with van der Waals surface area (Å²) < 4.78 is 10.7. The number of anilines is 2. The Morgan fingerprint density at radius 2 is 1.61 bits per heavy atom. The van der Waals surface area contributed by atoms with Crippen LogP contribution in [0.15, 0.2) is 66.4 Å². The number of hydrogen-bond donors (Lipinski definition) is 1. The van der Waals surface area contributed by atoms with Crippen molar-refractivity contribution >= 4 is 40.4 Å². The third-order valence-electron chi connectivity index (χ3n) is 5.57. The third-order valence-corrected chi connectivity index (χ3v) is 5.98. The lowest BCUT2D eigenvalue weighted by Crippen LogP contribution is -2.33. The number of nitrogens with one attached hydrogen (secondary N) is 1. The average Bonchev–Trinajstić information content (AvgIpc) is 3.06. The molecule has 3 aromatic rings. The Hall–Kier alpha value is -3.77. The number of halogens is 1. The van der Waals surface area contributed by atoms with Crippen LogP contribution in [0.25, 0.3) is 5.57 Å². The third kappa shape index (κ3) is 4.05. The number of imide groups is 1. The summed E-state index contributed by atoms with van der Waals surface area (Å²) in [6.07, 6.45) is 0. The molecule has 6 nitrogen and oxygen atoms in total. The molecule has 3 aromatic carbocycles. The van der Waals surface area contributed by atoms with E-state index in [0.717, 1.165) is 10.5 Å². The molecule has 0 saturated carbocycles. The number of nitrogens with zero attached hydrogens (tertiary/aromatic N) is 1. The van der Waals surface area contributed by atoms with E-state index >= 15 is 0 Å². The molecule has 1 aliphatic heterocycles. The Morgan fingerprint density at radius 1 is 0.879 bits per heavy atom. The van der Waals surface area contributed by atoms with E-state index < -0.39 is 11.8 Å². The first-order valence-electron chi connectivity index (χ1n) is 10.3. The van der Waals surface area contributed by atoms with Crippen LogP contribution >= 0.6 is 11.6 Å². The molecule has 0 fully saturated rings. The number of ether oxygens (including phenoxy) is 2. The fourth-order valence-electron chi connectivity index (χ4n) is 3.73. The molecule has 168 valence electrons. The number of aryl methyl sites for hydroxylation is 1. The lowest BCUT2D eigenvalue weighted by Gasteiger charge is -2.18. The van der Waals surface area contributed by atoms with E-state index in [0.29, 0.717) is 39.0 Å². The fourth-order valence-corrected chi connectivity index (χ4v) is 3.90. The topological polar surface area (TPSA) is 67.9 Å². The van der Waals surface area contributed by atoms with Crippen LogP contribution in [-0.2, 0) is 9.59 Å². The zero-order chi connectivity index (χ0) is 23.7. The van der Waals surface area contributed by atoms with Gasteiger partial charge >= 0.3 is 0 Å². The van der Waals surface area contributed by atoms with Crippen LogP contribution in [0.5, 0.6) is 11.5 Å². The molecule has 0 radical (unpaired) electrons. The molecule has 1 N–H and O–H groups in total. The van der Waals surface area contributed by atoms with Gasteiger partial charge in [-0.3, -0.25) is 9.59 Å². The highest BCUT2D eigenvalue weighted by molar-refractivity contribution is 6.46. The van der Waals surface area contributed by atoms with Crippen LogP contribution in [0.3, 0.4) is 0 Å². The number of hydrogen-bond acceptors (Lipinski definition) is 5. The summed E-state index contributed by atoms with van der Waals surface area (Å²) >= 11 is 6.29. The second kappa shape index (κ2) is 9.00. The Balaban J connectivity index is 1.86. The minimum Gasteiger partial charge on any atom is -0.497 e. The molecular weight excluding hydrogens is 440 g/mol. The predicted molar refractivity (Wildman–Crippen MR) is 130 cm³/mol. The minimum atomic E-state index is -0.473. The average molecular weight is 463 g/mol. The van der Waals surface area contributed by atoms with Gasteiger partial charge in [0.2, 0.25) is 0 Å². The van der Waals surface area contributed by atoms with E-state index in [1.807, 2.05) is 31.2 Å². The molecular formula is C26H23ClN2O4. The number of carbonyl (C=O) groups is 2. The van der Waals surface area contributed by atoms with E-state index in [4.69, 9.17) is 21.1 Å². The monoisotopic (exact) mass is 462 g/mol. The Morgan fingerprint density at radius 3 is 2.27 bits per heavy atom. The molecule has 0 saturated heterocycles. The van der Waals surface area contributed by atoms with E-state index in [9.17, 15) is 9.59 Å². The van der Waals surface area contributed by atoms with Gasteiger partial charge in [0.25, 0.3) is 11.8 Å². The van der Waals surface area contributed by atoms with Crippen molar-refractivity contribution in [1.29, 1.82) is 0 Å². The molecule has 0 bridgehead atoms. The molecule has 0 aromatic heterocycles. The summed E-state index contributed by atoms with van der Waals surface area (Å²) in [5.41, 5.74) is 3.74. The van der Waals surface area contributed by atoms with E-state index in [1.54, 1.807) is 50.4 Å². The summed E-state index contributed by atoms with van der Waals surface area (Å²) in [5, 5.41) is 3.62. The minimum absolute atomic E-state index is 0.159. The zero-order valence-corrected chi connectivity index (χ0v) is 19.5. The summed E-state index contributed by atoms with van der Waals surface area (Å²) in [7, 11) is 3.09. The van der Waals surface area contributed by atoms with Crippen molar-refractivity contribution in [1.82, 2.24) is 0 Å². The molecule has 0 spiro atoms. The van der Waals surface area contributed by atoms with Gasteiger partial charge in [-0.15, -0.1) is 0 Å². The summed E-state index contributed by atoms with van der Waals surface area (Å²) in [6.45, 7) is 3.74. The smallest absolute Gasteiger partial charge is 0.282 e. The van der Waals surface area contributed by atoms with Gasteiger partial charge in [0.05, 0.1) is 31.2 Å². The molecule has 2 amide bonds. The summed E-state index contributed by atoms with van der Waals surface area (Å²) in [6, 6.07) is 17.8. The van der Waals surface area contributed by atoms with Gasteiger partial charge in [0, 0.05) is 11.1 Å². The van der Waals surface area contributed by atoms with Crippen molar-refractivity contribution in [2.45, 2.75) is 13.8 Å². The van der Waals surface area contributed by atoms with Crippen LogP contribution < -0.4 is 19.7 Å². The van der Waals surface area contributed by atoms with Crippen LogP contribution in [0, 0.1) is 13.8 Å². The maximum absolute atomic E-state index is 13.6. The Labute approximate surface area is 197 Å². The molecule has 1 aliphatic rings. The standard InChI is InChI=1S/C26H23ClN2O4/c1-15-8-10-17(11-9-15)23-24(28-20-13-12-18(32-3)14-22(20)33-4)26(31)29(25(23)30)21-7-5-6-19(27)16(21)2/h5-14,28H,1-4H3. The molecule has 7 heteroatoms. The van der Waals surface area contributed by atoms with Gasteiger partial charge in [-0.25, -0.2) is 4.90 Å². The maximum Gasteiger partial charge on any atom is 0.282 e. The highest BCUT2D eigenvalue weighted by Gasteiger charge is 2.41. The van der Waals surface area contributed by atoms with Crippen molar-refractivity contribution in [2.75, 3.05) is 24.4 Å². The van der Waals surface area contributed by atoms with E-state index in [1.165, 1.54) is 7.11 Å². The SMILES string of the molecule is COc1ccc(NC2=C(c3ccc(C)cc3)C(=O)N(c3cccc(Cl)c3C)C2=O)c(OC)c1. The summed E-state index contributed by atoms with van der Waals surface area (Å²) in [5.74, 6) is 0.181. The van der Waals surface area contributed by atoms with Gasteiger partial charge in [-0.05, 0) is 49.2 Å². The fraction of sp³-hybridized carbons (Fsp3) is 0.154. The van der Waals surface area contributed by atoms with Crippen molar-refractivity contribution in [3.63, 3.8) is 0 Å². The van der Waals surface area contributed by atoms with Gasteiger partial charge in [0.15, 0.2) is 0 Å². The molecule has 0 atom stereocenters. The number of carbonyl (C=O) groups excluding carboxylic acids is 2. The number of methoxy groups -OCH3 is 2. The zero-order valence-electron chi connectivity index (χ0n) is 18.7. The van der Waals surface area contributed by atoms with Crippen molar-refractivity contribution < 1.29 is 19.1 Å². The van der Waals surface area contributed by atoms with Crippen LogP contribution in [0.2, 0.25) is 5.02 Å². The number of benzene rings is 3. The Kier molecular flexibility index (Phi) is 6.11. The first-order valence-corrected chi connectivity index (χ1v) is 10.7. The molecule has 1 heterocycles. The second-order valence-corrected chi connectivity index (χ2v) is 8.04. The van der Waals surface area contributed by atoms with Gasteiger partial charge in [-0.2, -0.15) is 0 Å². The highest BCUT2D eigenvalue weighted by atomic mass is 35.5. The molecule has 33 heavy (non-hydrogen) atoms. The predicted octanol–water partition coefficient (Wildman–Crippen LogP) is 5.37. The van der Waals surface area contributed by atoms with Crippen molar-refractivity contribution in [3.05, 3.63) is 88.1 Å². The van der Waals surface area contributed by atoms with E-state index in [2.05, 4.69) is 5.32 Å². The van der Waals surface area contributed by atoms with Crippen molar-refractivity contribution in [3.8, 4) is 11.5 Å². The van der Waals surface area contributed by atoms with Gasteiger partial charge < -0.3 is 14.8 Å². The second-order valence-electron chi connectivity index (χ2n) is 7.64. The number of rotatable bonds is 6. The van der Waals surface area contributed by atoms with Crippen LogP contribution in [0.4, 0.5) is 11.4 Å². The summed E-state index contributed by atoms with van der Waals surface area (Å²) in [4.78, 5) is 28.4. The highest BCUT2D eigenvalue weighted by Crippen LogP contribution is 2.38. The largest absolute Gasteiger partial charge is 0.497 e. The lowest BCUT2D eigenvalue weighted by atomic mass is 10.0. The molecule has 4 rings (SSSR count). The van der Waals surface area contributed by atoms with Gasteiger partial charge in [0.1, 0.15) is 17.2 Å². The maximum atomic E-state index is 13.6. The van der Waals surface area contributed by atoms with E-state index in [-0.39, 0.29) is 11.3 Å². The van der Waals surface area contributed by atoms with Gasteiger partial charge in [-0.1, -0.05) is 47.5 Å². The first-order chi connectivity index (χ1) is 15.8. The molecule has 0 aliphatic carbocycles. The Bertz CT molecular complexity index is 1280. The molecule has 0 unspecified atom stereocenters. The normalized spacial score (nSPS) is 13.5. The number of amides is 2.